The van der Waals surface area contributed by atoms with E-state index in [-0.39, 0.29) is 12.3 Å². The lowest BCUT2D eigenvalue weighted by atomic mass is 10.0. The van der Waals surface area contributed by atoms with Crippen molar-refractivity contribution >= 4 is 23.5 Å². The van der Waals surface area contributed by atoms with Gasteiger partial charge in [-0.15, -0.1) is 0 Å². The third-order valence-corrected chi connectivity index (χ3v) is 3.59. The Morgan fingerprint density at radius 3 is 2.52 bits per heavy atom. The molecular weight excluding hydrogens is 346 g/mol. The topological polar surface area (TPSA) is 108 Å². The molecule has 0 unspecified atom stereocenters. The normalized spacial score (nSPS) is 11.0. The number of amides is 2. The molecule has 0 bridgehead atoms. The fraction of sp³-hybridized carbons (Fsp3) is 0.200. The van der Waals surface area contributed by atoms with Crippen molar-refractivity contribution in [1.29, 1.82) is 5.26 Å². The van der Waals surface area contributed by atoms with Gasteiger partial charge in [0.15, 0.2) is 6.61 Å². The Morgan fingerprint density at radius 2 is 1.85 bits per heavy atom. The summed E-state index contributed by atoms with van der Waals surface area (Å²) in [6.45, 7) is 0.904. The van der Waals surface area contributed by atoms with Gasteiger partial charge in [0.2, 0.25) is 5.91 Å². The summed E-state index contributed by atoms with van der Waals surface area (Å²) in [6, 6.07) is 16.9. The number of benzene rings is 2. The van der Waals surface area contributed by atoms with Gasteiger partial charge in [-0.3, -0.25) is 14.4 Å². The van der Waals surface area contributed by atoms with Crippen molar-refractivity contribution in [2.24, 2.45) is 0 Å². The zero-order valence-electron chi connectivity index (χ0n) is 14.8. The van der Waals surface area contributed by atoms with Gasteiger partial charge in [-0.25, -0.2) is 0 Å². The average Bonchev–Trinajstić information content (AvgIpc) is 2.66. The molecule has 2 aromatic carbocycles. The van der Waals surface area contributed by atoms with E-state index in [1.165, 1.54) is 13.0 Å². The van der Waals surface area contributed by atoms with Crippen molar-refractivity contribution in [2.45, 2.75) is 19.4 Å². The van der Waals surface area contributed by atoms with Crippen LogP contribution < -0.4 is 10.6 Å². The molecule has 0 aliphatic rings. The number of nitrogens with one attached hydrogen (secondary N) is 2. The van der Waals surface area contributed by atoms with E-state index in [9.17, 15) is 14.4 Å². The Bertz CT molecular complexity index is 859. The Balaban J connectivity index is 1.88. The van der Waals surface area contributed by atoms with Gasteiger partial charge in [-0.1, -0.05) is 36.4 Å². The molecule has 7 nitrogen and oxygen atoms in total. The smallest absolute Gasteiger partial charge is 0.308 e. The zero-order valence-corrected chi connectivity index (χ0v) is 14.8. The van der Waals surface area contributed by atoms with Crippen molar-refractivity contribution in [3.63, 3.8) is 0 Å². The van der Waals surface area contributed by atoms with Gasteiger partial charge in [0.05, 0.1) is 24.1 Å². The molecule has 0 radical (unpaired) electrons. The number of anilines is 1. The molecular formula is C20H19N3O4. The number of hydrogen-bond donors (Lipinski definition) is 2. The minimum atomic E-state index is -0.612. The molecule has 2 aromatic rings. The second-order valence-electron chi connectivity index (χ2n) is 5.77. The van der Waals surface area contributed by atoms with Gasteiger partial charge in [0, 0.05) is 12.6 Å². The molecule has 27 heavy (non-hydrogen) atoms. The number of hydrogen-bond acceptors (Lipinski definition) is 5. The number of nitriles is 1. The highest BCUT2D eigenvalue weighted by Gasteiger charge is 2.18. The van der Waals surface area contributed by atoms with Crippen LogP contribution in [0.3, 0.4) is 0 Å². The molecule has 2 N–H and O–H groups in total. The Hall–Kier alpha value is -3.66. The lowest BCUT2D eigenvalue weighted by Gasteiger charge is -2.17. The molecule has 0 saturated carbocycles. The number of ether oxygens (including phenoxy) is 1. The van der Waals surface area contributed by atoms with Crippen LogP contribution >= 0.6 is 0 Å². The van der Waals surface area contributed by atoms with E-state index in [0.717, 1.165) is 5.56 Å². The third kappa shape index (κ3) is 6.63. The molecule has 7 heteroatoms. The summed E-state index contributed by atoms with van der Waals surface area (Å²) in [4.78, 5) is 35.4. The maximum atomic E-state index is 12.1. The molecule has 2 rings (SSSR count). The Labute approximate surface area is 156 Å². The van der Waals surface area contributed by atoms with Gasteiger partial charge < -0.3 is 15.4 Å². The van der Waals surface area contributed by atoms with Crippen LogP contribution in [0.4, 0.5) is 5.69 Å². The lowest BCUT2D eigenvalue weighted by Crippen LogP contribution is -2.29. The van der Waals surface area contributed by atoms with Crippen molar-refractivity contribution in [1.82, 2.24) is 5.32 Å². The van der Waals surface area contributed by atoms with Gasteiger partial charge >= 0.3 is 5.97 Å². The minimum Gasteiger partial charge on any atom is -0.455 e. The van der Waals surface area contributed by atoms with Gasteiger partial charge in [0.25, 0.3) is 5.91 Å². The predicted octanol–water partition coefficient (Wildman–Crippen LogP) is 2.31. The first kappa shape index (κ1) is 19.7. The van der Waals surface area contributed by atoms with E-state index in [1.807, 2.05) is 12.1 Å². The second kappa shape index (κ2) is 9.73. The molecule has 2 amide bonds. The van der Waals surface area contributed by atoms with Crippen molar-refractivity contribution in [2.75, 3.05) is 11.9 Å². The highest BCUT2D eigenvalue weighted by molar-refractivity contribution is 5.93. The number of esters is 1. The van der Waals surface area contributed by atoms with Crippen molar-refractivity contribution in [3.8, 4) is 6.07 Å². The van der Waals surface area contributed by atoms with Crippen molar-refractivity contribution in [3.05, 3.63) is 65.7 Å². The van der Waals surface area contributed by atoms with Crippen LogP contribution in [-0.2, 0) is 19.1 Å². The van der Waals surface area contributed by atoms with Gasteiger partial charge in [0.1, 0.15) is 0 Å². The molecule has 0 aliphatic carbocycles. The number of carbonyl (C=O) groups excluding carboxylic acids is 3. The first-order valence-corrected chi connectivity index (χ1v) is 8.25. The molecule has 0 fully saturated rings. The van der Waals surface area contributed by atoms with Crippen LogP contribution in [0.2, 0.25) is 0 Å². The quantitative estimate of drug-likeness (QED) is 0.732. The van der Waals surface area contributed by atoms with E-state index in [4.69, 9.17) is 10.00 Å². The maximum Gasteiger partial charge on any atom is 0.308 e. The zero-order chi connectivity index (χ0) is 19.6. The Kier molecular flexibility index (Phi) is 7.08. The molecule has 0 heterocycles. The molecule has 0 aliphatic heterocycles. The summed E-state index contributed by atoms with van der Waals surface area (Å²) in [5.41, 5.74) is 1.61. The summed E-state index contributed by atoms with van der Waals surface area (Å²) >= 11 is 0. The molecule has 0 saturated heterocycles. The molecule has 0 aromatic heterocycles. The van der Waals surface area contributed by atoms with E-state index >= 15 is 0 Å². The minimum absolute atomic E-state index is 0.0964. The monoisotopic (exact) mass is 365 g/mol. The first-order chi connectivity index (χ1) is 13.0. The predicted molar refractivity (Wildman–Crippen MR) is 98.4 cm³/mol. The average molecular weight is 365 g/mol. The van der Waals surface area contributed by atoms with Gasteiger partial charge in [-0.05, 0) is 23.8 Å². The van der Waals surface area contributed by atoms with E-state index < -0.39 is 24.5 Å². The number of rotatable bonds is 7. The summed E-state index contributed by atoms with van der Waals surface area (Å²) in [5, 5.41) is 14.1. The highest BCUT2D eigenvalue weighted by atomic mass is 16.5. The third-order valence-electron chi connectivity index (χ3n) is 3.59. The highest BCUT2D eigenvalue weighted by Crippen LogP contribution is 2.17. The maximum absolute atomic E-state index is 12.1. The molecule has 0 spiro atoms. The van der Waals surface area contributed by atoms with Crippen LogP contribution in [0, 0.1) is 11.3 Å². The molecule has 138 valence electrons. The van der Waals surface area contributed by atoms with E-state index in [0.29, 0.717) is 11.3 Å². The van der Waals surface area contributed by atoms with Crippen LogP contribution in [0.1, 0.15) is 30.5 Å². The second-order valence-corrected chi connectivity index (χ2v) is 5.77. The Morgan fingerprint density at radius 1 is 1.11 bits per heavy atom. The van der Waals surface area contributed by atoms with Crippen LogP contribution in [0.5, 0.6) is 0 Å². The van der Waals surface area contributed by atoms with E-state index in [1.54, 1.807) is 42.5 Å². The largest absolute Gasteiger partial charge is 0.455 e. The number of nitrogens with zero attached hydrogens (tertiary/aromatic N) is 1. The summed E-state index contributed by atoms with van der Waals surface area (Å²) in [5.74, 6) is -1.40. The fourth-order valence-corrected chi connectivity index (χ4v) is 2.42. The molecule has 1 atom stereocenters. The lowest BCUT2D eigenvalue weighted by molar-refractivity contribution is -0.148. The standard InChI is InChI=1S/C20H19N3O4/c1-14(24)22-18(16-7-3-2-4-8-16)11-20(26)27-13-19(25)23-17-9-5-6-15(10-17)12-21/h2-10,18H,11,13H2,1H3,(H,22,24)(H,23,25)/t18-/m0/s1. The van der Waals surface area contributed by atoms with Crippen LogP contribution in [-0.4, -0.2) is 24.4 Å². The SMILES string of the molecule is CC(=O)N[C@@H](CC(=O)OCC(=O)Nc1cccc(C#N)c1)c1ccccc1. The van der Waals surface area contributed by atoms with Crippen LogP contribution in [0.25, 0.3) is 0 Å². The summed E-state index contributed by atoms with van der Waals surface area (Å²) < 4.78 is 5.00. The van der Waals surface area contributed by atoms with Crippen molar-refractivity contribution < 1.29 is 19.1 Å². The summed E-state index contributed by atoms with van der Waals surface area (Å²) in [7, 11) is 0. The van der Waals surface area contributed by atoms with Crippen LogP contribution in [0.15, 0.2) is 54.6 Å². The number of carbonyl (C=O) groups is 3. The fourth-order valence-electron chi connectivity index (χ4n) is 2.42. The van der Waals surface area contributed by atoms with E-state index in [2.05, 4.69) is 10.6 Å². The summed E-state index contributed by atoms with van der Waals surface area (Å²) in [6.07, 6.45) is -0.0964. The first-order valence-electron chi connectivity index (χ1n) is 8.25. The van der Waals surface area contributed by atoms with Gasteiger partial charge in [-0.2, -0.15) is 5.26 Å².